The lowest BCUT2D eigenvalue weighted by Crippen LogP contribution is -2.40. The predicted octanol–water partition coefficient (Wildman–Crippen LogP) is 2.28. The van der Waals surface area contributed by atoms with Crippen molar-refractivity contribution in [3.63, 3.8) is 0 Å². The number of hydrogen-bond acceptors (Lipinski definition) is 3. The van der Waals surface area contributed by atoms with Gasteiger partial charge in [0.15, 0.2) is 0 Å². The Labute approximate surface area is 124 Å². The van der Waals surface area contributed by atoms with Crippen molar-refractivity contribution in [2.45, 2.75) is 42.7 Å². The molecule has 1 aromatic carbocycles. The van der Waals surface area contributed by atoms with E-state index >= 15 is 0 Å². The molecule has 1 aliphatic carbocycles. The summed E-state index contributed by atoms with van der Waals surface area (Å²) >= 11 is 2.89. The third-order valence-electron chi connectivity index (χ3n) is 3.33. The van der Waals surface area contributed by atoms with Gasteiger partial charge in [-0.1, -0.05) is 0 Å². The van der Waals surface area contributed by atoms with Crippen LogP contribution >= 0.6 is 15.9 Å². The molecule has 1 aromatic rings. The SMILES string of the molecule is NC1CCC(NS(=O)(=O)c2c(F)cc(F)cc2Br)CC1. The fourth-order valence-corrected chi connectivity index (χ4v) is 4.77. The van der Waals surface area contributed by atoms with Gasteiger partial charge in [0, 0.05) is 22.6 Å². The maximum Gasteiger partial charge on any atom is 0.244 e. The Bertz CT molecular complexity index is 578. The predicted molar refractivity (Wildman–Crippen MR) is 74.6 cm³/mol. The molecule has 2 rings (SSSR count). The monoisotopic (exact) mass is 368 g/mol. The first-order chi connectivity index (χ1) is 9.29. The van der Waals surface area contributed by atoms with Crippen LogP contribution in [0.3, 0.4) is 0 Å². The van der Waals surface area contributed by atoms with Crippen molar-refractivity contribution in [2.75, 3.05) is 0 Å². The average molecular weight is 369 g/mol. The van der Waals surface area contributed by atoms with Gasteiger partial charge in [-0.05, 0) is 47.7 Å². The molecule has 1 fully saturated rings. The van der Waals surface area contributed by atoms with Gasteiger partial charge < -0.3 is 5.73 Å². The lowest BCUT2D eigenvalue weighted by molar-refractivity contribution is 0.373. The Morgan fingerprint density at radius 2 is 1.80 bits per heavy atom. The number of rotatable bonds is 3. The number of benzene rings is 1. The quantitative estimate of drug-likeness (QED) is 0.859. The second kappa shape index (κ2) is 6.05. The first-order valence-electron chi connectivity index (χ1n) is 6.22. The zero-order chi connectivity index (χ0) is 14.9. The summed E-state index contributed by atoms with van der Waals surface area (Å²) in [6, 6.07) is 1.30. The molecule has 112 valence electrons. The summed E-state index contributed by atoms with van der Waals surface area (Å²) in [7, 11) is -4.03. The van der Waals surface area contributed by atoms with E-state index in [0.29, 0.717) is 18.9 Å². The van der Waals surface area contributed by atoms with Crippen LogP contribution < -0.4 is 10.5 Å². The van der Waals surface area contributed by atoms with Gasteiger partial charge in [-0.2, -0.15) is 0 Å². The molecule has 0 aliphatic heterocycles. The van der Waals surface area contributed by atoms with E-state index in [-0.39, 0.29) is 16.6 Å². The molecule has 20 heavy (non-hydrogen) atoms. The summed E-state index contributed by atoms with van der Waals surface area (Å²) in [5.41, 5.74) is 5.75. The molecule has 1 saturated carbocycles. The smallest absolute Gasteiger partial charge is 0.244 e. The van der Waals surface area contributed by atoms with Gasteiger partial charge in [0.05, 0.1) is 0 Å². The van der Waals surface area contributed by atoms with Gasteiger partial charge in [0.25, 0.3) is 0 Å². The number of nitrogens with two attached hydrogens (primary N) is 1. The van der Waals surface area contributed by atoms with Crippen molar-refractivity contribution in [3.8, 4) is 0 Å². The van der Waals surface area contributed by atoms with Crippen LogP contribution in [-0.2, 0) is 10.0 Å². The van der Waals surface area contributed by atoms with Crippen LogP contribution in [0.1, 0.15) is 25.7 Å². The van der Waals surface area contributed by atoms with Crippen LogP contribution in [0.4, 0.5) is 8.78 Å². The van der Waals surface area contributed by atoms with Crippen LogP contribution in [0.2, 0.25) is 0 Å². The van der Waals surface area contributed by atoms with E-state index in [1.165, 1.54) is 0 Å². The van der Waals surface area contributed by atoms with E-state index in [1.54, 1.807) is 0 Å². The second-order valence-corrected chi connectivity index (χ2v) is 7.44. The van der Waals surface area contributed by atoms with E-state index in [0.717, 1.165) is 18.9 Å². The Morgan fingerprint density at radius 1 is 1.20 bits per heavy atom. The van der Waals surface area contributed by atoms with Gasteiger partial charge in [0.2, 0.25) is 10.0 Å². The van der Waals surface area contributed by atoms with Gasteiger partial charge in [0.1, 0.15) is 16.5 Å². The zero-order valence-corrected chi connectivity index (χ0v) is 13.0. The van der Waals surface area contributed by atoms with Crippen molar-refractivity contribution in [3.05, 3.63) is 28.2 Å². The molecular weight excluding hydrogens is 354 g/mol. The van der Waals surface area contributed by atoms with Crippen LogP contribution in [0, 0.1) is 11.6 Å². The molecular formula is C12H15BrF2N2O2S. The highest BCUT2D eigenvalue weighted by Gasteiger charge is 2.28. The number of sulfonamides is 1. The van der Waals surface area contributed by atoms with Crippen molar-refractivity contribution >= 4 is 26.0 Å². The standard InChI is InChI=1S/C12H15BrF2N2O2S/c13-10-5-7(14)6-11(15)12(10)20(18,19)17-9-3-1-8(16)2-4-9/h5-6,8-9,17H,1-4,16H2. The van der Waals surface area contributed by atoms with Crippen LogP contribution in [0.25, 0.3) is 0 Å². The number of hydrogen-bond donors (Lipinski definition) is 2. The summed E-state index contributed by atoms with van der Waals surface area (Å²) in [5.74, 6) is -1.95. The Balaban J connectivity index is 2.23. The Morgan fingerprint density at radius 3 is 2.35 bits per heavy atom. The zero-order valence-electron chi connectivity index (χ0n) is 10.6. The van der Waals surface area contributed by atoms with E-state index in [2.05, 4.69) is 20.7 Å². The Kier molecular flexibility index (Phi) is 4.78. The molecule has 1 aliphatic rings. The van der Waals surface area contributed by atoms with Gasteiger partial charge >= 0.3 is 0 Å². The fraction of sp³-hybridized carbons (Fsp3) is 0.500. The van der Waals surface area contributed by atoms with E-state index in [9.17, 15) is 17.2 Å². The summed E-state index contributed by atoms with van der Waals surface area (Å²) < 4.78 is 53.4. The largest absolute Gasteiger partial charge is 0.328 e. The maximum absolute atomic E-state index is 13.7. The van der Waals surface area contributed by atoms with E-state index in [4.69, 9.17) is 5.73 Å². The third-order valence-corrected chi connectivity index (χ3v) is 5.81. The topological polar surface area (TPSA) is 72.2 Å². The number of nitrogens with one attached hydrogen (secondary N) is 1. The third kappa shape index (κ3) is 3.55. The molecule has 0 atom stereocenters. The molecule has 8 heteroatoms. The molecule has 0 amide bonds. The highest BCUT2D eigenvalue weighted by atomic mass is 79.9. The second-order valence-electron chi connectivity index (χ2n) is 4.93. The summed E-state index contributed by atoms with van der Waals surface area (Å²) in [4.78, 5) is -0.561. The molecule has 0 saturated heterocycles. The first-order valence-corrected chi connectivity index (χ1v) is 8.49. The van der Waals surface area contributed by atoms with Gasteiger partial charge in [-0.3, -0.25) is 0 Å². The highest BCUT2D eigenvalue weighted by Crippen LogP contribution is 2.27. The van der Waals surface area contributed by atoms with Crippen molar-refractivity contribution in [1.82, 2.24) is 4.72 Å². The molecule has 0 aromatic heterocycles. The lowest BCUT2D eigenvalue weighted by Gasteiger charge is -2.26. The molecule has 3 N–H and O–H groups in total. The van der Waals surface area contributed by atoms with Crippen LogP contribution in [0.15, 0.2) is 21.5 Å². The summed E-state index contributed by atoms with van der Waals surface area (Å²) in [6.07, 6.45) is 2.67. The average Bonchev–Trinajstić information content (AvgIpc) is 2.30. The van der Waals surface area contributed by atoms with E-state index in [1.807, 2.05) is 0 Å². The first kappa shape index (κ1) is 15.8. The Hall–Kier alpha value is -0.570. The molecule has 0 spiro atoms. The van der Waals surface area contributed by atoms with Gasteiger partial charge in [-0.15, -0.1) is 0 Å². The van der Waals surface area contributed by atoms with Crippen LogP contribution in [0.5, 0.6) is 0 Å². The van der Waals surface area contributed by atoms with Crippen LogP contribution in [-0.4, -0.2) is 20.5 Å². The van der Waals surface area contributed by atoms with Crippen molar-refractivity contribution < 1.29 is 17.2 Å². The summed E-state index contributed by atoms with van der Waals surface area (Å²) in [6.45, 7) is 0. The number of halogens is 3. The molecule has 0 heterocycles. The fourth-order valence-electron chi connectivity index (χ4n) is 2.30. The van der Waals surface area contributed by atoms with Crippen molar-refractivity contribution in [2.24, 2.45) is 5.73 Å². The highest BCUT2D eigenvalue weighted by molar-refractivity contribution is 9.10. The normalized spacial score (nSPS) is 23.8. The van der Waals surface area contributed by atoms with E-state index < -0.39 is 26.6 Å². The molecule has 4 nitrogen and oxygen atoms in total. The summed E-state index contributed by atoms with van der Waals surface area (Å²) in [5, 5.41) is 0. The minimum Gasteiger partial charge on any atom is -0.328 e. The van der Waals surface area contributed by atoms with Gasteiger partial charge in [-0.25, -0.2) is 21.9 Å². The molecule has 0 radical (unpaired) electrons. The minimum atomic E-state index is -4.03. The molecule has 0 bridgehead atoms. The molecule has 0 unspecified atom stereocenters. The maximum atomic E-state index is 13.7. The lowest BCUT2D eigenvalue weighted by atomic mass is 9.93. The minimum absolute atomic E-state index is 0.0880. The van der Waals surface area contributed by atoms with Crippen molar-refractivity contribution in [1.29, 1.82) is 0 Å².